The zero-order valence-electron chi connectivity index (χ0n) is 13.2. The van der Waals surface area contributed by atoms with Gasteiger partial charge in [0.2, 0.25) is 0 Å². The Balaban J connectivity index is 2.41. The molecule has 0 aromatic heterocycles. The van der Waals surface area contributed by atoms with Crippen LogP contribution in [0.3, 0.4) is 0 Å². The minimum atomic E-state index is 0.240. The minimum Gasteiger partial charge on any atom is -0.310 e. The molecule has 106 valence electrons. The maximum atomic E-state index is 3.69. The van der Waals surface area contributed by atoms with Crippen molar-refractivity contribution in [2.24, 2.45) is 5.92 Å². The maximum Gasteiger partial charge on any atom is 0.0325 e. The Kier molecular flexibility index (Phi) is 4.35. The van der Waals surface area contributed by atoms with Gasteiger partial charge in [-0.2, -0.15) is 0 Å². The molecule has 0 saturated carbocycles. The molecule has 2 atom stereocenters. The van der Waals surface area contributed by atoms with E-state index in [-0.39, 0.29) is 5.41 Å². The average Bonchev–Trinajstić information content (AvgIpc) is 2.48. The van der Waals surface area contributed by atoms with Crippen LogP contribution >= 0.6 is 0 Å². The van der Waals surface area contributed by atoms with Crippen molar-refractivity contribution in [1.29, 1.82) is 0 Å². The predicted octanol–water partition coefficient (Wildman–Crippen LogP) is 4.61. The lowest BCUT2D eigenvalue weighted by molar-refractivity contribution is 0.414. The summed E-state index contributed by atoms with van der Waals surface area (Å²) in [6.45, 7) is 12.6. The second-order valence-corrected chi connectivity index (χ2v) is 7.15. The van der Waals surface area contributed by atoms with Crippen LogP contribution in [0.25, 0.3) is 0 Å². The van der Waals surface area contributed by atoms with E-state index in [9.17, 15) is 0 Å². The van der Waals surface area contributed by atoms with Crippen LogP contribution in [0, 0.1) is 5.92 Å². The van der Waals surface area contributed by atoms with E-state index in [0.717, 1.165) is 12.5 Å². The second-order valence-electron chi connectivity index (χ2n) is 7.15. The van der Waals surface area contributed by atoms with Crippen molar-refractivity contribution in [2.45, 2.75) is 65.3 Å². The monoisotopic (exact) mass is 259 g/mol. The number of nitrogens with one attached hydrogen (secondary N) is 1. The van der Waals surface area contributed by atoms with Gasteiger partial charge in [-0.1, -0.05) is 52.8 Å². The molecule has 19 heavy (non-hydrogen) atoms. The third-order valence-corrected chi connectivity index (χ3v) is 4.38. The summed E-state index contributed by atoms with van der Waals surface area (Å²) in [5, 5.41) is 3.69. The van der Waals surface area contributed by atoms with Gasteiger partial charge in [-0.3, -0.25) is 0 Å². The first-order chi connectivity index (χ1) is 8.91. The van der Waals surface area contributed by atoms with Crippen LogP contribution < -0.4 is 5.32 Å². The zero-order chi connectivity index (χ0) is 14.0. The summed E-state index contributed by atoms with van der Waals surface area (Å²) in [4.78, 5) is 0. The quantitative estimate of drug-likeness (QED) is 0.765. The first kappa shape index (κ1) is 14.6. The van der Waals surface area contributed by atoms with Gasteiger partial charge in [-0.05, 0) is 53.8 Å². The Morgan fingerprint density at radius 2 is 2.00 bits per heavy atom. The Labute approximate surface area is 118 Å². The van der Waals surface area contributed by atoms with E-state index < -0.39 is 0 Å². The molecule has 1 nitrogen and oxygen atoms in total. The third-order valence-electron chi connectivity index (χ3n) is 4.38. The van der Waals surface area contributed by atoms with Gasteiger partial charge in [0.1, 0.15) is 0 Å². The highest BCUT2D eigenvalue weighted by molar-refractivity contribution is 5.38. The lowest BCUT2D eigenvalue weighted by Gasteiger charge is -2.25. The molecule has 0 radical (unpaired) electrons. The fourth-order valence-corrected chi connectivity index (χ4v) is 3.10. The van der Waals surface area contributed by atoms with Crippen LogP contribution in [-0.4, -0.2) is 6.54 Å². The summed E-state index contributed by atoms with van der Waals surface area (Å²) >= 11 is 0. The highest BCUT2D eigenvalue weighted by Gasteiger charge is 2.24. The zero-order valence-corrected chi connectivity index (χ0v) is 13.2. The molecule has 0 heterocycles. The lowest BCUT2D eigenvalue weighted by Crippen LogP contribution is -2.23. The van der Waals surface area contributed by atoms with E-state index in [1.165, 1.54) is 24.8 Å². The highest BCUT2D eigenvalue weighted by Crippen LogP contribution is 2.34. The minimum absolute atomic E-state index is 0.240. The standard InChI is InChI=1S/C18H29N/c1-6-19-17-11-13(2)7-8-14-9-10-15(12-16(14)17)18(3,4)5/h9-10,12-13,17,19H,6-8,11H2,1-5H3. The second kappa shape index (κ2) is 5.66. The van der Waals surface area contributed by atoms with Crippen molar-refractivity contribution in [3.8, 4) is 0 Å². The Bertz CT molecular complexity index is 428. The Morgan fingerprint density at radius 3 is 2.63 bits per heavy atom. The Hall–Kier alpha value is -0.820. The lowest BCUT2D eigenvalue weighted by atomic mass is 9.83. The summed E-state index contributed by atoms with van der Waals surface area (Å²) in [6, 6.07) is 7.70. The van der Waals surface area contributed by atoms with Crippen LogP contribution in [0.5, 0.6) is 0 Å². The molecule has 0 saturated heterocycles. The van der Waals surface area contributed by atoms with Gasteiger partial charge in [-0.25, -0.2) is 0 Å². The van der Waals surface area contributed by atoms with Crippen molar-refractivity contribution < 1.29 is 0 Å². The number of rotatable bonds is 2. The largest absolute Gasteiger partial charge is 0.310 e. The van der Waals surface area contributed by atoms with E-state index in [0.29, 0.717) is 6.04 Å². The molecule has 0 amide bonds. The summed E-state index contributed by atoms with van der Waals surface area (Å²) in [5.41, 5.74) is 4.81. The molecule has 0 bridgehead atoms. The van der Waals surface area contributed by atoms with Gasteiger partial charge in [-0.15, -0.1) is 0 Å². The fraction of sp³-hybridized carbons (Fsp3) is 0.667. The van der Waals surface area contributed by atoms with Crippen LogP contribution in [0.2, 0.25) is 0 Å². The highest BCUT2D eigenvalue weighted by atomic mass is 14.9. The van der Waals surface area contributed by atoms with Crippen LogP contribution in [0.15, 0.2) is 18.2 Å². The van der Waals surface area contributed by atoms with E-state index >= 15 is 0 Å². The molecule has 2 unspecified atom stereocenters. The van der Waals surface area contributed by atoms with Gasteiger partial charge in [0, 0.05) is 6.04 Å². The van der Waals surface area contributed by atoms with E-state index in [1.54, 1.807) is 11.1 Å². The van der Waals surface area contributed by atoms with E-state index in [4.69, 9.17) is 0 Å². The SMILES string of the molecule is CCNC1CC(C)CCc2ccc(C(C)(C)C)cc21. The Morgan fingerprint density at radius 1 is 1.26 bits per heavy atom. The fourth-order valence-electron chi connectivity index (χ4n) is 3.10. The smallest absolute Gasteiger partial charge is 0.0325 e. The van der Waals surface area contributed by atoms with E-state index in [1.807, 2.05) is 0 Å². The van der Waals surface area contributed by atoms with Crippen molar-refractivity contribution in [1.82, 2.24) is 5.32 Å². The number of aryl methyl sites for hydroxylation is 1. The van der Waals surface area contributed by atoms with Gasteiger partial charge >= 0.3 is 0 Å². The molecule has 0 spiro atoms. The van der Waals surface area contributed by atoms with Crippen molar-refractivity contribution in [3.63, 3.8) is 0 Å². The first-order valence-corrected chi connectivity index (χ1v) is 7.78. The number of hydrogen-bond donors (Lipinski definition) is 1. The molecule has 1 aliphatic carbocycles. The van der Waals surface area contributed by atoms with Gasteiger partial charge in [0.05, 0.1) is 0 Å². The number of hydrogen-bond acceptors (Lipinski definition) is 1. The molecule has 1 N–H and O–H groups in total. The van der Waals surface area contributed by atoms with Crippen LogP contribution in [-0.2, 0) is 11.8 Å². The summed E-state index contributed by atoms with van der Waals surface area (Å²) in [6.07, 6.45) is 3.83. The third kappa shape index (κ3) is 3.39. The topological polar surface area (TPSA) is 12.0 Å². The number of fused-ring (bicyclic) bond motifs is 1. The molecule has 0 fully saturated rings. The van der Waals surface area contributed by atoms with E-state index in [2.05, 4.69) is 58.1 Å². The molecular formula is C18H29N. The molecule has 1 heteroatoms. The normalized spacial score (nSPS) is 23.8. The number of benzene rings is 1. The summed E-state index contributed by atoms with van der Waals surface area (Å²) < 4.78 is 0. The molecular weight excluding hydrogens is 230 g/mol. The molecule has 2 rings (SSSR count). The van der Waals surface area contributed by atoms with Crippen molar-refractivity contribution >= 4 is 0 Å². The van der Waals surface area contributed by atoms with Gasteiger partial charge in [0.15, 0.2) is 0 Å². The molecule has 1 aromatic rings. The first-order valence-electron chi connectivity index (χ1n) is 7.78. The van der Waals surface area contributed by atoms with Crippen molar-refractivity contribution in [3.05, 3.63) is 34.9 Å². The molecule has 1 aliphatic rings. The molecule has 1 aromatic carbocycles. The van der Waals surface area contributed by atoms with Crippen LogP contribution in [0.4, 0.5) is 0 Å². The van der Waals surface area contributed by atoms with Gasteiger partial charge < -0.3 is 5.32 Å². The average molecular weight is 259 g/mol. The predicted molar refractivity (Wildman–Crippen MR) is 83.7 cm³/mol. The van der Waals surface area contributed by atoms with Gasteiger partial charge in [0.25, 0.3) is 0 Å². The van der Waals surface area contributed by atoms with Crippen molar-refractivity contribution in [2.75, 3.05) is 6.54 Å². The maximum absolute atomic E-state index is 3.69. The summed E-state index contributed by atoms with van der Waals surface area (Å²) in [5.74, 6) is 0.814. The summed E-state index contributed by atoms with van der Waals surface area (Å²) in [7, 11) is 0. The molecule has 0 aliphatic heterocycles. The van der Waals surface area contributed by atoms with Crippen LogP contribution in [0.1, 0.15) is 70.2 Å².